The molecule has 1 atom stereocenters. The Labute approximate surface area is 199 Å². The summed E-state index contributed by atoms with van der Waals surface area (Å²) in [7, 11) is -3.70. The van der Waals surface area contributed by atoms with Gasteiger partial charge in [-0.1, -0.05) is 24.6 Å². The van der Waals surface area contributed by atoms with Crippen molar-refractivity contribution in [2.75, 3.05) is 6.54 Å². The zero-order valence-electron chi connectivity index (χ0n) is 19.7. The molecule has 1 unspecified atom stereocenters. The molecule has 8 nitrogen and oxygen atoms in total. The first-order valence-corrected chi connectivity index (χ1v) is 13.0. The second kappa shape index (κ2) is 9.68. The van der Waals surface area contributed by atoms with Crippen molar-refractivity contribution in [1.82, 2.24) is 19.2 Å². The molecule has 0 bridgehead atoms. The number of piperidine rings is 1. The van der Waals surface area contributed by atoms with Gasteiger partial charge in [-0.15, -0.1) is 0 Å². The van der Waals surface area contributed by atoms with E-state index in [0.717, 1.165) is 19.3 Å². The summed E-state index contributed by atoms with van der Waals surface area (Å²) in [6.45, 7) is 6.24. The number of benzene rings is 2. The van der Waals surface area contributed by atoms with E-state index in [-0.39, 0.29) is 40.6 Å². The molecule has 1 fully saturated rings. The Bertz CT molecular complexity index is 1370. The van der Waals surface area contributed by atoms with Gasteiger partial charge < -0.3 is 9.88 Å². The second-order valence-corrected chi connectivity index (χ2v) is 10.9. The fourth-order valence-corrected chi connectivity index (χ4v) is 6.13. The van der Waals surface area contributed by atoms with E-state index >= 15 is 0 Å². The molecule has 1 aliphatic rings. The van der Waals surface area contributed by atoms with Gasteiger partial charge >= 0.3 is 0 Å². The van der Waals surface area contributed by atoms with Crippen LogP contribution in [0.15, 0.2) is 58.2 Å². The number of sulfonamides is 1. The molecule has 0 aliphatic carbocycles. The van der Waals surface area contributed by atoms with Gasteiger partial charge in [0.15, 0.2) is 0 Å². The van der Waals surface area contributed by atoms with Crippen molar-refractivity contribution in [3.8, 4) is 0 Å². The highest BCUT2D eigenvalue weighted by atomic mass is 32.2. The van der Waals surface area contributed by atoms with Crippen LogP contribution in [-0.2, 0) is 16.6 Å². The predicted molar refractivity (Wildman–Crippen MR) is 131 cm³/mol. The molecular weight excluding hydrogens is 452 g/mol. The monoisotopic (exact) mass is 482 g/mol. The van der Waals surface area contributed by atoms with Gasteiger partial charge in [0.25, 0.3) is 11.5 Å². The Kier molecular flexibility index (Phi) is 6.86. The SMILES string of the molecule is CC(C)N(Cc1nc2ccccc2c(=O)[nH]1)C(=O)c1cccc(S(=O)(=O)N2CCCCC2C)c1. The van der Waals surface area contributed by atoms with E-state index in [4.69, 9.17) is 0 Å². The number of aromatic nitrogens is 2. The summed E-state index contributed by atoms with van der Waals surface area (Å²) in [5, 5.41) is 0.485. The van der Waals surface area contributed by atoms with E-state index < -0.39 is 10.0 Å². The number of nitrogens with one attached hydrogen (secondary N) is 1. The van der Waals surface area contributed by atoms with Crippen LogP contribution in [0.2, 0.25) is 0 Å². The van der Waals surface area contributed by atoms with E-state index in [0.29, 0.717) is 23.3 Å². The number of H-pyrrole nitrogens is 1. The average molecular weight is 483 g/mol. The van der Waals surface area contributed by atoms with Crippen molar-refractivity contribution in [2.45, 2.75) is 63.6 Å². The molecule has 1 aromatic heterocycles. The van der Waals surface area contributed by atoms with E-state index in [1.807, 2.05) is 20.8 Å². The largest absolute Gasteiger partial charge is 0.329 e. The maximum absolute atomic E-state index is 13.5. The molecule has 1 amide bonds. The van der Waals surface area contributed by atoms with Crippen molar-refractivity contribution in [1.29, 1.82) is 0 Å². The van der Waals surface area contributed by atoms with Gasteiger partial charge in [-0.3, -0.25) is 9.59 Å². The van der Waals surface area contributed by atoms with E-state index in [1.54, 1.807) is 41.3 Å². The summed E-state index contributed by atoms with van der Waals surface area (Å²) in [5.74, 6) is 0.0474. The number of para-hydroxylation sites is 1. The molecule has 3 aromatic rings. The van der Waals surface area contributed by atoms with Crippen LogP contribution in [-0.4, -0.2) is 52.1 Å². The van der Waals surface area contributed by atoms with Crippen LogP contribution in [0, 0.1) is 0 Å². The smallest absolute Gasteiger partial charge is 0.258 e. The van der Waals surface area contributed by atoms with Crippen LogP contribution in [0.25, 0.3) is 10.9 Å². The Morgan fingerprint density at radius 3 is 2.68 bits per heavy atom. The molecule has 0 spiro atoms. The fourth-order valence-electron chi connectivity index (χ4n) is 4.38. The van der Waals surface area contributed by atoms with E-state index in [1.165, 1.54) is 16.4 Å². The highest BCUT2D eigenvalue weighted by molar-refractivity contribution is 7.89. The number of aromatic amines is 1. The van der Waals surface area contributed by atoms with Crippen molar-refractivity contribution >= 4 is 26.8 Å². The van der Waals surface area contributed by atoms with Crippen molar-refractivity contribution in [2.24, 2.45) is 0 Å². The van der Waals surface area contributed by atoms with Gasteiger partial charge in [-0.25, -0.2) is 13.4 Å². The number of carbonyl (C=O) groups is 1. The number of hydrogen-bond donors (Lipinski definition) is 1. The minimum atomic E-state index is -3.70. The van der Waals surface area contributed by atoms with Crippen molar-refractivity contribution in [3.05, 3.63) is 70.3 Å². The minimum Gasteiger partial charge on any atom is -0.329 e. The molecule has 4 rings (SSSR count). The minimum absolute atomic E-state index is 0.0685. The highest BCUT2D eigenvalue weighted by Gasteiger charge is 2.31. The predicted octanol–water partition coefficient (Wildman–Crippen LogP) is 3.54. The summed E-state index contributed by atoms with van der Waals surface area (Å²) in [6.07, 6.45) is 2.68. The molecule has 2 aromatic carbocycles. The lowest BCUT2D eigenvalue weighted by molar-refractivity contribution is 0.0684. The third kappa shape index (κ3) is 4.76. The summed E-state index contributed by atoms with van der Waals surface area (Å²) in [6, 6.07) is 13.0. The molecule has 0 radical (unpaired) electrons. The first-order chi connectivity index (χ1) is 16.2. The Morgan fingerprint density at radius 2 is 1.94 bits per heavy atom. The lowest BCUT2D eigenvalue weighted by atomic mass is 10.1. The summed E-state index contributed by atoms with van der Waals surface area (Å²) < 4.78 is 28.1. The number of hydrogen-bond acceptors (Lipinski definition) is 5. The Morgan fingerprint density at radius 1 is 1.18 bits per heavy atom. The first kappa shape index (κ1) is 24.1. The normalized spacial score (nSPS) is 17.2. The first-order valence-electron chi connectivity index (χ1n) is 11.6. The molecule has 180 valence electrons. The molecule has 1 saturated heterocycles. The second-order valence-electron chi connectivity index (χ2n) is 9.04. The molecule has 9 heteroatoms. The van der Waals surface area contributed by atoms with Crippen LogP contribution < -0.4 is 5.56 Å². The number of rotatable bonds is 6. The van der Waals surface area contributed by atoms with Gasteiger partial charge in [0, 0.05) is 24.2 Å². The maximum atomic E-state index is 13.5. The molecule has 2 heterocycles. The number of nitrogens with zero attached hydrogens (tertiary/aromatic N) is 3. The number of carbonyl (C=O) groups excluding carboxylic acids is 1. The van der Waals surface area contributed by atoms with Gasteiger partial charge in [0.1, 0.15) is 5.82 Å². The molecular formula is C25H30N4O4S. The van der Waals surface area contributed by atoms with Crippen LogP contribution in [0.5, 0.6) is 0 Å². The zero-order chi connectivity index (χ0) is 24.5. The van der Waals surface area contributed by atoms with Crippen LogP contribution >= 0.6 is 0 Å². The van der Waals surface area contributed by atoms with Crippen LogP contribution in [0.4, 0.5) is 0 Å². The topological polar surface area (TPSA) is 103 Å². The highest BCUT2D eigenvalue weighted by Crippen LogP contribution is 2.26. The average Bonchev–Trinajstić information content (AvgIpc) is 2.82. The van der Waals surface area contributed by atoms with Gasteiger partial charge in [-0.05, 0) is 63.9 Å². The van der Waals surface area contributed by atoms with Crippen molar-refractivity contribution in [3.63, 3.8) is 0 Å². The number of fused-ring (bicyclic) bond motifs is 1. The van der Waals surface area contributed by atoms with Gasteiger partial charge in [0.05, 0.1) is 22.3 Å². The third-order valence-corrected chi connectivity index (χ3v) is 8.31. The van der Waals surface area contributed by atoms with Crippen LogP contribution in [0.1, 0.15) is 56.2 Å². The maximum Gasteiger partial charge on any atom is 0.258 e. The summed E-state index contributed by atoms with van der Waals surface area (Å²) >= 11 is 0. The molecule has 1 aliphatic heterocycles. The lowest BCUT2D eigenvalue weighted by Crippen LogP contribution is -2.42. The zero-order valence-corrected chi connectivity index (χ0v) is 20.5. The third-order valence-electron chi connectivity index (χ3n) is 6.30. The number of amides is 1. The van der Waals surface area contributed by atoms with Gasteiger partial charge in [0.2, 0.25) is 10.0 Å². The Hall–Kier alpha value is -3.04. The van der Waals surface area contributed by atoms with Gasteiger partial charge in [-0.2, -0.15) is 4.31 Å². The summed E-state index contributed by atoms with van der Waals surface area (Å²) in [4.78, 5) is 34.9. The van der Waals surface area contributed by atoms with E-state index in [9.17, 15) is 18.0 Å². The molecule has 0 saturated carbocycles. The summed E-state index contributed by atoms with van der Waals surface area (Å²) in [5.41, 5.74) is 0.573. The lowest BCUT2D eigenvalue weighted by Gasteiger charge is -2.32. The van der Waals surface area contributed by atoms with Crippen molar-refractivity contribution < 1.29 is 13.2 Å². The van der Waals surface area contributed by atoms with Crippen LogP contribution in [0.3, 0.4) is 0 Å². The molecule has 1 N–H and O–H groups in total. The molecule has 34 heavy (non-hydrogen) atoms. The van der Waals surface area contributed by atoms with E-state index in [2.05, 4.69) is 9.97 Å². The fraction of sp³-hybridized carbons (Fsp3) is 0.400. The standard InChI is InChI=1S/C25H30N4O4S/c1-17(2)28(16-23-26-22-13-5-4-12-21(22)24(30)27-23)25(31)19-10-8-11-20(15-19)34(32,33)29-14-7-6-9-18(29)3/h4-5,8,10-13,15,17-18H,6-7,9,14,16H2,1-3H3,(H,26,27,30). The Balaban J connectivity index is 1.63. The quantitative estimate of drug-likeness (QED) is 0.579.